The predicted molar refractivity (Wildman–Crippen MR) is 79.4 cm³/mol. The van der Waals surface area contributed by atoms with E-state index in [-0.39, 0.29) is 29.6 Å². The molecule has 1 N–H and O–H groups in total. The summed E-state index contributed by atoms with van der Waals surface area (Å²) in [5.74, 6) is -0.204. The van der Waals surface area contributed by atoms with Crippen LogP contribution in [0.1, 0.15) is 12.5 Å². The van der Waals surface area contributed by atoms with Crippen molar-refractivity contribution in [2.75, 3.05) is 32.4 Å². The van der Waals surface area contributed by atoms with E-state index in [1.54, 1.807) is 11.9 Å². The molecule has 0 bridgehead atoms. The van der Waals surface area contributed by atoms with Crippen LogP contribution in [0, 0.1) is 11.3 Å². The lowest BCUT2D eigenvalue weighted by Crippen LogP contribution is -2.37. The number of likely N-dealkylation sites (N-methyl/N-ethyl adjacent to an activating group) is 2. The number of nitrogens with one attached hydrogen (secondary N) is 1. The number of benzene rings is 1. The summed E-state index contributed by atoms with van der Waals surface area (Å²) in [7, 11) is -1.71. The molecule has 21 heavy (non-hydrogen) atoms. The zero-order valence-electron chi connectivity index (χ0n) is 12.2. The molecule has 6 nitrogen and oxygen atoms in total. The molecule has 0 aliphatic carbocycles. The Labute approximate surface area is 125 Å². The summed E-state index contributed by atoms with van der Waals surface area (Å²) in [6.45, 7) is 2.81. The quantitative estimate of drug-likeness (QED) is 0.787. The van der Waals surface area contributed by atoms with Crippen molar-refractivity contribution in [3.8, 4) is 6.07 Å². The Morgan fingerprint density at radius 2 is 1.95 bits per heavy atom. The highest BCUT2D eigenvalue weighted by Crippen LogP contribution is 2.12. The third-order valence-electron chi connectivity index (χ3n) is 2.87. The van der Waals surface area contributed by atoms with Crippen LogP contribution in [0.15, 0.2) is 29.2 Å². The van der Waals surface area contributed by atoms with E-state index in [4.69, 9.17) is 5.26 Å². The van der Waals surface area contributed by atoms with Gasteiger partial charge in [0.25, 0.3) is 0 Å². The summed E-state index contributed by atoms with van der Waals surface area (Å²) >= 11 is 0. The van der Waals surface area contributed by atoms with Gasteiger partial charge in [-0.05, 0) is 38.2 Å². The minimum atomic E-state index is -3.41. The number of carbonyl (C=O) groups excluding carboxylic acids is 1. The molecular formula is C14H19N3O3S. The Kier molecular flexibility index (Phi) is 6.34. The van der Waals surface area contributed by atoms with Gasteiger partial charge in [-0.2, -0.15) is 5.26 Å². The number of sulfone groups is 1. The minimum absolute atomic E-state index is 0.0746. The normalized spacial score (nSPS) is 11.1. The van der Waals surface area contributed by atoms with Gasteiger partial charge in [0.2, 0.25) is 5.91 Å². The Morgan fingerprint density at radius 1 is 1.33 bits per heavy atom. The molecule has 0 atom stereocenters. The van der Waals surface area contributed by atoms with E-state index in [1.807, 2.05) is 13.0 Å². The lowest BCUT2D eigenvalue weighted by atomic mass is 10.2. The zero-order valence-corrected chi connectivity index (χ0v) is 13.0. The van der Waals surface area contributed by atoms with E-state index >= 15 is 0 Å². The first kappa shape index (κ1) is 17.1. The van der Waals surface area contributed by atoms with Gasteiger partial charge >= 0.3 is 0 Å². The molecule has 0 saturated heterocycles. The van der Waals surface area contributed by atoms with Gasteiger partial charge in [0, 0.05) is 13.1 Å². The van der Waals surface area contributed by atoms with Crippen molar-refractivity contribution in [1.29, 1.82) is 5.26 Å². The molecule has 114 valence electrons. The fourth-order valence-corrected chi connectivity index (χ4v) is 3.05. The topological polar surface area (TPSA) is 90.3 Å². The van der Waals surface area contributed by atoms with Gasteiger partial charge in [0.1, 0.15) is 0 Å². The van der Waals surface area contributed by atoms with Crippen molar-refractivity contribution in [2.45, 2.75) is 11.8 Å². The number of nitrogens with zero attached hydrogens (tertiary/aromatic N) is 2. The van der Waals surface area contributed by atoms with E-state index in [0.29, 0.717) is 12.1 Å². The molecular weight excluding hydrogens is 290 g/mol. The van der Waals surface area contributed by atoms with Crippen molar-refractivity contribution in [3.63, 3.8) is 0 Å². The van der Waals surface area contributed by atoms with Gasteiger partial charge in [-0.1, -0.05) is 0 Å². The molecule has 7 heteroatoms. The van der Waals surface area contributed by atoms with Crippen molar-refractivity contribution < 1.29 is 13.2 Å². The standard InChI is InChI=1S/C14H19N3O3S/c1-3-16-14(18)11-17(2)8-9-21(19,20)13-6-4-12(10-15)5-7-13/h4-7H,3,8-9,11H2,1-2H3,(H,16,18). The van der Waals surface area contributed by atoms with Gasteiger partial charge in [-0.25, -0.2) is 8.42 Å². The lowest BCUT2D eigenvalue weighted by molar-refractivity contribution is -0.121. The van der Waals surface area contributed by atoms with E-state index < -0.39 is 9.84 Å². The van der Waals surface area contributed by atoms with Gasteiger partial charge in [-0.15, -0.1) is 0 Å². The highest BCUT2D eigenvalue weighted by Gasteiger charge is 2.16. The summed E-state index contributed by atoms with van der Waals surface area (Å²) in [6, 6.07) is 7.75. The summed E-state index contributed by atoms with van der Waals surface area (Å²) in [4.78, 5) is 13.2. The van der Waals surface area contributed by atoms with E-state index in [0.717, 1.165) is 0 Å². The van der Waals surface area contributed by atoms with Crippen molar-refractivity contribution in [1.82, 2.24) is 10.2 Å². The molecule has 1 amide bonds. The second-order valence-electron chi connectivity index (χ2n) is 4.65. The maximum absolute atomic E-state index is 12.1. The molecule has 0 spiro atoms. The first-order valence-electron chi connectivity index (χ1n) is 6.57. The molecule has 0 fully saturated rings. The van der Waals surface area contributed by atoms with Crippen LogP contribution in [0.25, 0.3) is 0 Å². The van der Waals surface area contributed by atoms with Crippen molar-refractivity contribution in [2.24, 2.45) is 0 Å². The summed E-state index contributed by atoms with van der Waals surface area (Å²) in [5.41, 5.74) is 0.419. The smallest absolute Gasteiger partial charge is 0.234 e. The van der Waals surface area contributed by atoms with Crippen molar-refractivity contribution >= 4 is 15.7 Å². The SMILES string of the molecule is CCNC(=O)CN(C)CCS(=O)(=O)c1ccc(C#N)cc1. The van der Waals surface area contributed by atoms with Gasteiger partial charge in [0.15, 0.2) is 9.84 Å². The van der Waals surface area contributed by atoms with E-state index in [9.17, 15) is 13.2 Å². The average Bonchev–Trinajstić information content (AvgIpc) is 2.45. The van der Waals surface area contributed by atoms with Crippen LogP contribution in [0.4, 0.5) is 0 Å². The lowest BCUT2D eigenvalue weighted by Gasteiger charge is -2.15. The van der Waals surface area contributed by atoms with Crippen LogP contribution in [0.5, 0.6) is 0 Å². The van der Waals surface area contributed by atoms with Gasteiger partial charge < -0.3 is 5.32 Å². The molecule has 1 aromatic carbocycles. The Bertz CT molecular complexity index is 618. The fourth-order valence-electron chi connectivity index (χ4n) is 1.71. The molecule has 0 aromatic heterocycles. The minimum Gasteiger partial charge on any atom is -0.355 e. The van der Waals surface area contributed by atoms with Crippen LogP contribution >= 0.6 is 0 Å². The molecule has 0 aliphatic rings. The largest absolute Gasteiger partial charge is 0.355 e. The molecule has 0 heterocycles. The first-order valence-corrected chi connectivity index (χ1v) is 8.22. The van der Waals surface area contributed by atoms with Crippen LogP contribution in [-0.4, -0.2) is 51.7 Å². The van der Waals surface area contributed by atoms with E-state index in [1.165, 1.54) is 24.3 Å². The second kappa shape index (κ2) is 7.76. The maximum Gasteiger partial charge on any atom is 0.234 e. The zero-order chi connectivity index (χ0) is 15.9. The molecule has 1 aromatic rings. The highest BCUT2D eigenvalue weighted by atomic mass is 32.2. The summed E-state index contributed by atoms with van der Waals surface area (Å²) < 4.78 is 24.3. The monoisotopic (exact) mass is 309 g/mol. The highest BCUT2D eigenvalue weighted by molar-refractivity contribution is 7.91. The van der Waals surface area contributed by atoms with Crippen LogP contribution in [-0.2, 0) is 14.6 Å². The van der Waals surface area contributed by atoms with Crippen LogP contribution < -0.4 is 5.32 Å². The Hall–Kier alpha value is -1.91. The number of nitriles is 1. The first-order chi connectivity index (χ1) is 9.89. The number of hydrogen-bond donors (Lipinski definition) is 1. The summed E-state index contributed by atoms with van der Waals surface area (Å²) in [5, 5.41) is 11.3. The Morgan fingerprint density at radius 3 is 2.48 bits per heavy atom. The second-order valence-corrected chi connectivity index (χ2v) is 6.76. The van der Waals surface area contributed by atoms with Gasteiger partial charge in [-0.3, -0.25) is 9.69 Å². The summed E-state index contributed by atoms with van der Waals surface area (Å²) in [6.07, 6.45) is 0. The number of carbonyl (C=O) groups is 1. The molecule has 0 unspecified atom stereocenters. The average molecular weight is 309 g/mol. The van der Waals surface area contributed by atoms with Crippen LogP contribution in [0.2, 0.25) is 0 Å². The predicted octanol–water partition coefficient (Wildman–Crippen LogP) is 0.400. The molecule has 0 saturated carbocycles. The van der Waals surface area contributed by atoms with Crippen molar-refractivity contribution in [3.05, 3.63) is 29.8 Å². The number of rotatable bonds is 7. The maximum atomic E-state index is 12.1. The molecule has 0 aliphatic heterocycles. The third kappa shape index (κ3) is 5.53. The van der Waals surface area contributed by atoms with Gasteiger partial charge in [0.05, 0.1) is 28.8 Å². The fraction of sp³-hybridized carbons (Fsp3) is 0.429. The number of hydrogen-bond acceptors (Lipinski definition) is 5. The number of amides is 1. The molecule has 0 radical (unpaired) electrons. The third-order valence-corrected chi connectivity index (χ3v) is 4.58. The van der Waals surface area contributed by atoms with E-state index in [2.05, 4.69) is 5.32 Å². The van der Waals surface area contributed by atoms with Crippen LogP contribution in [0.3, 0.4) is 0 Å². The Balaban J connectivity index is 2.60. The molecule has 1 rings (SSSR count).